The third-order valence-electron chi connectivity index (χ3n) is 2.83. The van der Waals surface area contributed by atoms with E-state index >= 15 is 0 Å². The SMILES string of the molecule is CC(N)C(=O)NC(C)C1CCCNC1.Cl. The lowest BCUT2D eigenvalue weighted by Gasteiger charge is -2.29. The monoisotopic (exact) mass is 235 g/mol. The highest BCUT2D eigenvalue weighted by Crippen LogP contribution is 2.13. The van der Waals surface area contributed by atoms with Gasteiger partial charge in [0.1, 0.15) is 0 Å². The van der Waals surface area contributed by atoms with Crippen LogP contribution in [0.4, 0.5) is 0 Å². The van der Waals surface area contributed by atoms with E-state index in [1.54, 1.807) is 6.92 Å². The highest BCUT2D eigenvalue weighted by atomic mass is 35.5. The summed E-state index contributed by atoms with van der Waals surface area (Å²) in [4.78, 5) is 11.3. The number of hydrogen-bond donors (Lipinski definition) is 3. The van der Waals surface area contributed by atoms with E-state index in [9.17, 15) is 4.79 Å². The van der Waals surface area contributed by atoms with Gasteiger partial charge in [-0.15, -0.1) is 12.4 Å². The van der Waals surface area contributed by atoms with Gasteiger partial charge in [-0.2, -0.15) is 0 Å². The van der Waals surface area contributed by atoms with Crippen LogP contribution in [-0.2, 0) is 4.79 Å². The largest absolute Gasteiger partial charge is 0.352 e. The van der Waals surface area contributed by atoms with Crippen LogP contribution in [0.15, 0.2) is 0 Å². The molecule has 90 valence electrons. The van der Waals surface area contributed by atoms with Gasteiger partial charge >= 0.3 is 0 Å². The Morgan fingerprint density at radius 2 is 2.20 bits per heavy atom. The summed E-state index contributed by atoms with van der Waals surface area (Å²) in [5, 5.41) is 6.28. The molecule has 0 aromatic rings. The van der Waals surface area contributed by atoms with Crippen LogP contribution < -0.4 is 16.4 Å². The van der Waals surface area contributed by atoms with Gasteiger partial charge in [-0.3, -0.25) is 4.79 Å². The Hall–Kier alpha value is -0.320. The van der Waals surface area contributed by atoms with Gasteiger partial charge in [0.05, 0.1) is 6.04 Å². The minimum atomic E-state index is -0.408. The van der Waals surface area contributed by atoms with Crippen LogP contribution in [0.3, 0.4) is 0 Å². The maximum absolute atomic E-state index is 11.3. The normalized spacial score (nSPS) is 24.9. The summed E-state index contributed by atoms with van der Waals surface area (Å²) in [6.07, 6.45) is 2.39. The van der Waals surface area contributed by atoms with Crippen LogP contribution >= 0.6 is 12.4 Å². The van der Waals surface area contributed by atoms with Crippen LogP contribution in [-0.4, -0.2) is 31.1 Å². The minimum Gasteiger partial charge on any atom is -0.352 e. The number of carbonyl (C=O) groups excluding carboxylic acids is 1. The van der Waals surface area contributed by atoms with Gasteiger partial charge in [-0.25, -0.2) is 0 Å². The molecule has 4 N–H and O–H groups in total. The molecule has 1 amide bonds. The second kappa shape index (κ2) is 7.04. The summed E-state index contributed by atoms with van der Waals surface area (Å²) in [5.74, 6) is 0.495. The number of rotatable bonds is 3. The molecular formula is C10H22ClN3O. The van der Waals surface area contributed by atoms with Crippen molar-refractivity contribution < 1.29 is 4.79 Å². The predicted molar refractivity (Wildman–Crippen MR) is 64.1 cm³/mol. The first-order valence-corrected chi connectivity index (χ1v) is 5.38. The van der Waals surface area contributed by atoms with E-state index in [1.807, 2.05) is 0 Å². The molecule has 3 unspecified atom stereocenters. The quantitative estimate of drug-likeness (QED) is 0.658. The zero-order valence-electron chi connectivity index (χ0n) is 9.45. The number of nitrogens with one attached hydrogen (secondary N) is 2. The van der Waals surface area contributed by atoms with Crippen molar-refractivity contribution in [2.24, 2.45) is 11.7 Å². The summed E-state index contributed by atoms with van der Waals surface area (Å²) < 4.78 is 0. The number of halogens is 1. The first kappa shape index (κ1) is 14.7. The lowest BCUT2D eigenvalue weighted by Crippen LogP contribution is -2.48. The smallest absolute Gasteiger partial charge is 0.236 e. The van der Waals surface area contributed by atoms with Crippen LogP contribution in [0.5, 0.6) is 0 Å². The molecule has 0 spiro atoms. The summed E-state index contributed by atoms with van der Waals surface area (Å²) >= 11 is 0. The number of piperidine rings is 1. The summed E-state index contributed by atoms with van der Waals surface area (Å²) in [7, 11) is 0. The number of nitrogens with two attached hydrogens (primary N) is 1. The Kier molecular flexibility index (Phi) is 6.89. The lowest BCUT2D eigenvalue weighted by atomic mass is 9.92. The van der Waals surface area contributed by atoms with Gasteiger partial charge in [-0.1, -0.05) is 0 Å². The van der Waals surface area contributed by atoms with Crippen molar-refractivity contribution in [3.63, 3.8) is 0 Å². The van der Waals surface area contributed by atoms with E-state index < -0.39 is 6.04 Å². The fourth-order valence-corrected chi connectivity index (χ4v) is 1.78. The molecule has 1 heterocycles. The van der Waals surface area contributed by atoms with Crippen molar-refractivity contribution >= 4 is 18.3 Å². The second-order valence-corrected chi connectivity index (χ2v) is 4.19. The molecule has 1 aliphatic rings. The maximum atomic E-state index is 11.3. The third-order valence-corrected chi connectivity index (χ3v) is 2.83. The first-order valence-electron chi connectivity index (χ1n) is 5.38. The van der Waals surface area contributed by atoms with Gasteiger partial charge in [0.15, 0.2) is 0 Å². The molecule has 5 heteroatoms. The van der Waals surface area contributed by atoms with Crippen molar-refractivity contribution in [2.75, 3.05) is 13.1 Å². The standard InChI is InChI=1S/C10H21N3O.ClH/c1-7(11)10(14)13-8(2)9-4-3-5-12-6-9;/h7-9,12H,3-6,11H2,1-2H3,(H,13,14);1H. The summed E-state index contributed by atoms with van der Waals surface area (Å²) in [5.41, 5.74) is 5.49. The van der Waals surface area contributed by atoms with Crippen molar-refractivity contribution in [1.82, 2.24) is 10.6 Å². The van der Waals surface area contributed by atoms with E-state index in [4.69, 9.17) is 5.73 Å². The van der Waals surface area contributed by atoms with Crippen molar-refractivity contribution in [3.05, 3.63) is 0 Å². The second-order valence-electron chi connectivity index (χ2n) is 4.19. The van der Waals surface area contributed by atoms with E-state index in [0.717, 1.165) is 13.1 Å². The zero-order chi connectivity index (χ0) is 10.6. The van der Waals surface area contributed by atoms with Crippen molar-refractivity contribution in [2.45, 2.75) is 38.8 Å². The Morgan fingerprint density at radius 3 is 2.67 bits per heavy atom. The molecule has 0 saturated carbocycles. The van der Waals surface area contributed by atoms with Crippen LogP contribution in [0.25, 0.3) is 0 Å². The van der Waals surface area contributed by atoms with E-state index in [1.165, 1.54) is 12.8 Å². The first-order chi connectivity index (χ1) is 6.61. The molecule has 0 aromatic heterocycles. The number of carbonyl (C=O) groups is 1. The predicted octanol–water partition coefficient (Wildman–Crippen LogP) is 0.260. The van der Waals surface area contributed by atoms with Crippen LogP contribution in [0, 0.1) is 5.92 Å². The molecule has 3 atom stereocenters. The number of amides is 1. The van der Waals surface area contributed by atoms with Crippen molar-refractivity contribution in [3.8, 4) is 0 Å². The lowest BCUT2D eigenvalue weighted by molar-refractivity contribution is -0.123. The minimum absolute atomic E-state index is 0. The molecule has 0 aromatic carbocycles. The average molecular weight is 236 g/mol. The number of hydrogen-bond acceptors (Lipinski definition) is 3. The fraction of sp³-hybridized carbons (Fsp3) is 0.900. The molecule has 1 fully saturated rings. The summed E-state index contributed by atoms with van der Waals surface area (Å²) in [6.45, 7) is 5.87. The molecule has 0 aliphatic carbocycles. The summed E-state index contributed by atoms with van der Waals surface area (Å²) in [6, 6.07) is -0.185. The van der Waals surface area contributed by atoms with Crippen LogP contribution in [0.2, 0.25) is 0 Å². The van der Waals surface area contributed by atoms with Gasteiger partial charge in [-0.05, 0) is 45.7 Å². The molecule has 1 rings (SSSR count). The molecule has 1 aliphatic heterocycles. The Balaban J connectivity index is 0.00000196. The van der Waals surface area contributed by atoms with E-state index in [-0.39, 0.29) is 24.4 Å². The molecule has 0 bridgehead atoms. The van der Waals surface area contributed by atoms with E-state index in [2.05, 4.69) is 17.6 Å². The molecule has 4 nitrogen and oxygen atoms in total. The molecule has 15 heavy (non-hydrogen) atoms. The highest BCUT2D eigenvalue weighted by molar-refractivity contribution is 5.85. The fourth-order valence-electron chi connectivity index (χ4n) is 1.78. The van der Waals surface area contributed by atoms with Gasteiger partial charge in [0.25, 0.3) is 0 Å². The molecule has 0 radical (unpaired) electrons. The van der Waals surface area contributed by atoms with Gasteiger partial charge in [0, 0.05) is 6.04 Å². The van der Waals surface area contributed by atoms with Gasteiger partial charge in [0.2, 0.25) is 5.91 Å². The Morgan fingerprint density at radius 1 is 1.53 bits per heavy atom. The van der Waals surface area contributed by atoms with Crippen molar-refractivity contribution in [1.29, 1.82) is 0 Å². The molecular weight excluding hydrogens is 214 g/mol. The average Bonchev–Trinajstić information content (AvgIpc) is 2.19. The highest BCUT2D eigenvalue weighted by Gasteiger charge is 2.21. The maximum Gasteiger partial charge on any atom is 0.236 e. The van der Waals surface area contributed by atoms with Gasteiger partial charge < -0.3 is 16.4 Å². The van der Waals surface area contributed by atoms with Crippen LogP contribution in [0.1, 0.15) is 26.7 Å². The molecule has 1 saturated heterocycles. The topological polar surface area (TPSA) is 67.2 Å². The van der Waals surface area contributed by atoms with E-state index in [0.29, 0.717) is 5.92 Å². The zero-order valence-corrected chi connectivity index (χ0v) is 10.3. The third kappa shape index (κ3) is 4.82. The Labute approximate surface area is 97.8 Å². The Bertz CT molecular complexity index is 193.